The number of carbonyl (C=O) groups excluding carboxylic acids is 1. The van der Waals surface area contributed by atoms with E-state index in [-0.39, 0.29) is 11.0 Å². The first-order valence-corrected chi connectivity index (χ1v) is 10.9. The largest absolute Gasteiger partial charge is 0.366 e. The van der Waals surface area contributed by atoms with Gasteiger partial charge in [-0.25, -0.2) is 8.51 Å². The molecule has 1 aromatic heterocycles. The van der Waals surface area contributed by atoms with E-state index in [2.05, 4.69) is 31.0 Å². The summed E-state index contributed by atoms with van der Waals surface area (Å²) >= 11 is -2.38. The molecular formula is C22H27N5O3S. The Morgan fingerprint density at radius 3 is 2.29 bits per heavy atom. The third-order valence-corrected chi connectivity index (χ3v) is 5.87. The fourth-order valence-electron chi connectivity index (χ4n) is 3.36. The molecule has 1 atom stereocenters. The molecule has 9 heteroatoms. The number of primary amides is 1. The van der Waals surface area contributed by atoms with Crippen molar-refractivity contribution in [2.24, 2.45) is 12.8 Å². The minimum atomic E-state index is -2.38. The molecule has 1 amide bonds. The molecule has 1 unspecified atom stereocenters. The highest BCUT2D eigenvalue weighted by atomic mass is 32.2. The number of rotatable bonds is 6. The van der Waals surface area contributed by atoms with E-state index in [1.165, 1.54) is 10.4 Å². The Labute approximate surface area is 184 Å². The van der Waals surface area contributed by atoms with Crippen molar-refractivity contribution in [3.8, 4) is 11.4 Å². The lowest BCUT2D eigenvalue weighted by atomic mass is 9.87. The minimum absolute atomic E-state index is 0.0504. The highest BCUT2D eigenvalue weighted by Gasteiger charge is 2.24. The van der Waals surface area contributed by atoms with Gasteiger partial charge in [-0.15, -0.1) is 10.2 Å². The maximum Gasteiger partial charge on any atom is 0.266 e. The maximum absolute atomic E-state index is 12.4. The molecule has 0 aliphatic rings. The van der Waals surface area contributed by atoms with Gasteiger partial charge >= 0.3 is 0 Å². The van der Waals surface area contributed by atoms with E-state index in [4.69, 9.17) is 5.73 Å². The summed E-state index contributed by atoms with van der Waals surface area (Å²) in [5.41, 5.74) is 8.22. The van der Waals surface area contributed by atoms with Gasteiger partial charge in [0, 0.05) is 24.6 Å². The van der Waals surface area contributed by atoms with Crippen molar-refractivity contribution in [3.05, 3.63) is 59.4 Å². The molecule has 1 heterocycles. The molecule has 0 saturated carbocycles. The van der Waals surface area contributed by atoms with E-state index in [1.54, 1.807) is 28.8 Å². The predicted octanol–water partition coefficient (Wildman–Crippen LogP) is 3.72. The van der Waals surface area contributed by atoms with Crippen LogP contribution in [0.2, 0.25) is 0 Å². The second-order valence-electron chi connectivity index (χ2n) is 8.27. The molecule has 0 bridgehead atoms. The van der Waals surface area contributed by atoms with Gasteiger partial charge in [-0.2, -0.15) is 0 Å². The smallest absolute Gasteiger partial charge is 0.266 e. The third-order valence-electron chi connectivity index (χ3n) is 5.15. The molecule has 0 aliphatic carbocycles. The second kappa shape index (κ2) is 8.60. The zero-order valence-electron chi connectivity index (χ0n) is 18.3. The SMILES string of the molecule is CCc1nnc(-c2cc(C(N)=O)ccc2N(c2ccc(C(C)(C)C)cc2)S(=O)O)n1C. The quantitative estimate of drug-likeness (QED) is 0.566. The molecular weight excluding hydrogens is 414 g/mol. The number of aryl methyl sites for hydroxylation is 1. The Morgan fingerprint density at radius 1 is 1.16 bits per heavy atom. The number of aromatic nitrogens is 3. The van der Waals surface area contributed by atoms with E-state index >= 15 is 0 Å². The summed E-state index contributed by atoms with van der Waals surface area (Å²) in [5, 5.41) is 8.44. The Morgan fingerprint density at radius 2 is 1.81 bits per heavy atom. The molecule has 164 valence electrons. The Bertz CT molecular complexity index is 1130. The first-order valence-electron chi connectivity index (χ1n) is 9.88. The van der Waals surface area contributed by atoms with Gasteiger partial charge in [-0.3, -0.25) is 9.35 Å². The molecule has 0 aliphatic heterocycles. The van der Waals surface area contributed by atoms with Gasteiger partial charge in [0.2, 0.25) is 5.91 Å². The van der Waals surface area contributed by atoms with Gasteiger partial charge in [0.1, 0.15) is 5.82 Å². The van der Waals surface area contributed by atoms with Crippen LogP contribution in [0.4, 0.5) is 11.4 Å². The van der Waals surface area contributed by atoms with Crippen molar-refractivity contribution in [2.45, 2.75) is 39.5 Å². The van der Waals surface area contributed by atoms with Crippen LogP contribution in [0.3, 0.4) is 0 Å². The predicted molar refractivity (Wildman–Crippen MR) is 122 cm³/mol. The number of anilines is 2. The third kappa shape index (κ3) is 4.52. The molecule has 2 aromatic carbocycles. The van der Waals surface area contributed by atoms with Crippen molar-refractivity contribution >= 4 is 28.5 Å². The van der Waals surface area contributed by atoms with Crippen LogP contribution in [-0.2, 0) is 30.1 Å². The minimum Gasteiger partial charge on any atom is -0.366 e. The summed E-state index contributed by atoms with van der Waals surface area (Å²) in [7, 11) is 1.81. The van der Waals surface area contributed by atoms with E-state index in [0.29, 0.717) is 29.2 Å². The molecule has 8 nitrogen and oxygen atoms in total. The van der Waals surface area contributed by atoms with Crippen LogP contribution in [0, 0.1) is 0 Å². The van der Waals surface area contributed by atoms with Crippen LogP contribution in [0.5, 0.6) is 0 Å². The van der Waals surface area contributed by atoms with Crippen molar-refractivity contribution in [2.75, 3.05) is 4.31 Å². The number of hydrogen-bond acceptors (Lipinski definition) is 4. The van der Waals surface area contributed by atoms with E-state index in [9.17, 15) is 13.6 Å². The first kappa shape index (κ1) is 22.6. The van der Waals surface area contributed by atoms with Crippen molar-refractivity contribution in [1.82, 2.24) is 14.8 Å². The maximum atomic E-state index is 12.4. The van der Waals surface area contributed by atoms with Crippen LogP contribution in [0.15, 0.2) is 42.5 Å². The fraction of sp³-hybridized carbons (Fsp3) is 0.318. The Kier molecular flexibility index (Phi) is 6.28. The summed E-state index contributed by atoms with van der Waals surface area (Å²) in [6, 6.07) is 12.2. The molecule has 0 spiro atoms. The molecule has 3 N–H and O–H groups in total. The van der Waals surface area contributed by atoms with Gasteiger partial charge in [0.15, 0.2) is 5.82 Å². The summed E-state index contributed by atoms with van der Waals surface area (Å²) in [6.45, 7) is 8.26. The van der Waals surface area contributed by atoms with E-state index in [1.807, 2.05) is 26.1 Å². The summed E-state index contributed by atoms with van der Waals surface area (Å²) in [4.78, 5) is 11.8. The highest BCUT2D eigenvalue weighted by Crippen LogP contribution is 2.37. The lowest BCUT2D eigenvalue weighted by Crippen LogP contribution is -2.21. The zero-order chi connectivity index (χ0) is 22.9. The molecule has 3 rings (SSSR count). The normalized spacial score (nSPS) is 12.6. The van der Waals surface area contributed by atoms with Gasteiger partial charge in [0.05, 0.1) is 11.4 Å². The first-order chi connectivity index (χ1) is 14.5. The zero-order valence-corrected chi connectivity index (χ0v) is 19.1. The molecule has 0 fully saturated rings. The molecule has 0 saturated heterocycles. The molecule has 31 heavy (non-hydrogen) atoms. The van der Waals surface area contributed by atoms with Crippen LogP contribution in [-0.4, -0.2) is 29.4 Å². The van der Waals surface area contributed by atoms with Crippen molar-refractivity contribution < 1.29 is 13.6 Å². The number of hydrogen-bond donors (Lipinski definition) is 2. The molecule has 3 aromatic rings. The monoisotopic (exact) mass is 441 g/mol. The van der Waals surface area contributed by atoms with Crippen molar-refractivity contribution in [1.29, 1.82) is 0 Å². The number of benzene rings is 2. The number of nitrogens with two attached hydrogens (primary N) is 1. The Hall–Kier alpha value is -3.04. The summed E-state index contributed by atoms with van der Waals surface area (Å²) < 4.78 is 25.7. The topological polar surface area (TPSA) is 114 Å². The fourth-order valence-corrected chi connectivity index (χ4v) is 3.99. The average molecular weight is 442 g/mol. The van der Waals surface area contributed by atoms with Crippen LogP contribution in [0.1, 0.15) is 49.4 Å². The number of carbonyl (C=O) groups is 1. The standard InChI is InChI=1S/C22H27N5O3S/c1-6-19-24-25-21(26(19)5)17-13-14(20(23)28)7-12-18(17)27(31(29)30)16-10-8-15(9-11-16)22(2,3)4/h7-13H,6H2,1-5H3,(H2,23,28)(H,29,30). The van der Waals surface area contributed by atoms with E-state index in [0.717, 1.165) is 11.4 Å². The van der Waals surface area contributed by atoms with Crippen LogP contribution >= 0.6 is 0 Å². The van der Waals surface area contributed by atoms with Crippen molar-refractivity contribution in [3.63, 3.8) is 0 Å². The van der Waals surface area contributed by atoms with Crippen LogP contribution in [0.25, 0.3) is 11.4 Å². The highest BCUT2D eigenvalue weighted by molar-refractivity contribution is 7.81. The van der Waals surface area contributed by atoms with Gasteiger partial charge in [0.25, 0.3) is 11.3 Å². The number of nitrogens with zero attached hydrogens (tertiary/aromatic N) is 4. The summed E-state index contributed by atoms with van der Waals surface area (Å²) in [6.07, 6.45) is 0.665. The van der Waals surface area contributed by atoms with Crippen LogP contribution < -0.4 is 10.0 Å². The second-order valence-corrected chi connectivity index (χ2v) is 9.10. The van der Waals surface area contributed by atoms with Gasteiger partial charge in [-0.1, -0.05) is 39.8 Å². The summed E-state index contributed by atoms with van der Waals surface area (Å²) in [5.74, 6) is 0.616. The number of amides is 1. The molecule has 0 radical (unpaired) electrons. The van der Waals surface area contributed by atoms with Gasteiger partial charge < -0.3 is 10.3 Å². The van der Waals surface area contributed by atoms with Gasteiger partial charge in [-0.05, 0) is 41.3 Å². The van der Waals surface area contributed by atoms with E-state index < -0.39 is 17.2 Å². The lowest BCUT2D eigenvalue weighted by molar-refractivity contribution is 0.100. The average Bonchev–Trinajstić information content (AvgIpc) is 3.08. The Balaban J connectivity index is 2.21. The lowest BCUT2D eigenvalue weighted by Gasteiger charge is -2.25.